The predicted molar refractivity (Wildman–Crippen MR) is 155 cm³/mol. The molecule has 2 aromatic rings. The van der Waals surface area contributed by atoms with E-state index in [1.165, 1.54) is 56.7 Å². The molecule has 0 fully saturated rings. The fourth-order valence-corrected chi connectivity index (χ4v) is 5.47. The maximum atomic E-state index is 2.47. The number of benzene rings is 2. The van der Waals surface area contributed by atoms with Crippen molar-refractivity contribution in [2.75, 3.05) is 0 Å². The summed E-state index contributed by atoms with van der Waals surface area (Å²) < 4.78 is 0. The van der Waals surface area contributed by atoms with E-state index >= 15 is 0 Å². The molecule has 182 valence electrons. The van der Waals surface area contributed by atoms with Crippen molar-refractivity contribution in [1.29, 1.82) is 0 Å². The topological polar surface area (TPSA) is 0 Å². The Balaban J connectivity index is 1.70. The van der Waals surface area contributed by atoms with E-state index in [1.54, 1.807) is 5.57 Å². The Labute approximate surface area is 213 Å². The summed E-state index contributed by atoms with van der Waals surface area (Å²) in [6, 6.07) is 16.1. The van der Waals surface area contributed by atoms with Crippen LogP contribution < -0.4 is 10.4 Å². The monoisotopic (exact) mass is 462 g/mol. The average molecular weight is 463 g/mol. The molecule has 0 amide bonds. The molecule has 0 spiro atoms. The minimum Gasteiger partial charge on any atom is -0.0767 e. The Kier molecular flexibility index (Phi) is 8.45. The van der Waals surface area contributed by atoms with Crippen LogP contribution in [0.15, 0.2) is 89.1 Å². The molecule has 0 N–H and O–H groups in total. The first kappa shape index (κ1) is 25.2. The van der Waals surface area contributed by atoms with Crippen LogP contribution in [0.3, 0.4) is 0 Å². The normalized spacial score (nSPS) is 19.5. The smallest absolute Gasteiger partial charge is 0.0126 e. The van der Waals surface area contributed by atoms with Crippen molar-refractivity contribution in [2.45, 2.75) is 79.1 Å². The van der Waals surface area contributed by atoms with E-state index < -0.39 is 0 Å². The van der Waals surface area contributed by atoms with E-state index in [2.05, 4.69) is 114 Å². The fraction of sp³-hybridized carbons (Fsp3) is 0.371. The highest BCUT2D eigenvalue weighted by molar-refractivity contribution is 5.65. The molecule has 0 nitrogen and oxygen atoms in total. The van der Waals surface area contributed by atoms with Crippen LogP contribution in [0.5, 0.6) is 0 Å². The van der Waals surface area contributed by atoms with E-state index in [4.69, 9.17) is 0 Å². The molecule has 0 bridgehead atoms. The van der Waals surface area contributed by atoms with Crippen molar-refractivity contribution in [2.24, 2.45) is 5.92 Å². The first-order chi connectivity index (χ1) is 17.0. The van der Waals surface area contributed by atoms with Crippen molar-refractivity contribution in [3.63, 3.8) is 0 Å². The zero-order valence-electron chi connectivity index (χ0n) is 22.4. The number of hydrogen-bond donors (Lipinski definition) is 0. The van der Waals surface area contributed by atoms with Gasteiger partial charge in [0, 0.05) is 0 Å². The zero-order valence-corrected chi connectivity index (χ0v) is 22.4. The lowest BCUT2D eigenvalue weighted by atomic mass is 9.85. The number of fused-ring (bicyclic) bond motifs is 1. The quantitative estimate of drug-likeness (QED) is 0.416. The van der Waals surface area contributed by atoms with E-state index in [-0.39, 0.29) is 0 Å². The Bertz CT molecular complexity index is 1290. The van der Waals surface area contributed by atoms with Gasteiger partial charge in [-0.25, -0.2) is 0 Å². The molecule has 0 heterocycles. The van der Waals surface area contributed by atoms with Crippen LogP contribution in [-0.2, 0) is 0 Å². The summed E-state index contributed by atoms with van der Waals surface area (Å²) in [5.74, 6) is 1.10. The SMILES string of the molecule is CCC1=CC=CC(C2=C(C)CC=c3cc(-c4cccc(C(C)CC)c4)ccc3=CCC2C)=CCC1. The minimum atomic E-state index is 0.506. The highest BCUT2D eigenvalue weighted by Crippen LogP contribution is 2.31. The van der Waals surface area contributed by atoms with Gasteiger partial charge in [-0.1, -0.05) is 112 Å². The van der Waals surface area contributed by atoms with Crippen LogP contribution in [0.1, 0.15) is 84.6 Å². The van der Waals surface area contributed by atoms with E-state index in [0.717, 1.165) is 25.7 Å². The molecule has 0 heteroatoms. The molecule has 2 aliphatic rings. The fourth-order valence-electron chi connectivity index (χ4n) is 5.47. The predicted octanol–water partition coefficient (Wildman–Crippen LogP) is 8.79. The number of allylic oxidation sites excluding steroid dienone is 8. The van der Waals surface area contributed by atoms with Gasteiger partial charge in [-0.05, 0) is 102 Å². The summed E-state index contributed by atoms with van der Waals surface area (Å²) in [5.41, 5.74) is 10.1. The maximum Gasteiger partial charge on any atom is -0.0126 e. The Hall–Kier alpha value is -2.86. The molecule has 0 saturated carbocycles. The van der Waals surface area contributed by atoms with Crippen LogP contribution in [0.25, 0.3) is 23.3 Å². The largest absolute Gasteiger partial charge is 0.0767 e. The third-order valence-electron chi connectivity index (χ3n) is 7.96. The average Bonchev–Trinajstić information content (AvgIpc) is 2.92. The van der Waals surface area contributed by atoms with Crippen LogP contribution >= 0.6 is 0 Å². The number of rotatable bonds is 5. The van der Waals surface area contributed by atoms with Crippen molar-refractivity contribution in [3.05, 3.63) is 105 Å². The highest BCUT2D eigenvalue weighted by atomic mass is 14.2. The van der Waals surface area contributed by atoms with Gasteiger partial charge >= 0.3 is 0 Å². The Morgan fingerprint density at radius 3 is 2.57 bits per heavy atom. The van der Waals surface area contributed by atoms with Crippen LogP contribution in [-0.4, -0.2) is 0 Å². The molecule has 35 heavy (non-hydrogen) atoms. The molecular formula is C35H42. The molecule has 0 saturated heterocycles. The molecule has 2 aliphatic carbocycles. The lowest BCUT2D eigenvalue weighted by molar-refractivity contribution is 0.711. The van der Waals surface area contributed by atoms with Crippen LogP contribution in [0.4, 0.5) is 0 Å². The van der Waals surface area contributed by atoms with Crippen LogP contribution in [0, 0.1) is 5.92 Å². The van der Waals surface area contributed by atoms with Crippen molar-refractivity contribution in [1.82, 2.24) is 0 Å². The van der Waals surface area contributed by atoms with Gasteiger partial charge in [0.05, 0.1) is 0 Å². The van der Waals surface area contributed by atoms with Gasteiger partial charge in [0.1, 0.15) is 0 Å². The van der Waals surface area contributed by atoms with Gasteiger partial charge in [0.25, 0.3) is 0 Å². The third kappa shape index (κ3) is 6.04. The Morgan fingerprint density at radius 2 is 1.77 bits per heavy atom. The van der Waals surface area contributed by atoms with Crippen LogP contribution in [0.2, 0.25) is 0 Å². The molecule has 2 unspecified atom stereocenters. The van der Waals surface area contributed by atoms with Gasteiger partial charge in [-0.3, -0.25) is 0 Å². The summed E-state index contributed by atoms with van der Waals surface area (Å²) in [6.45, 7) is 11.6. The Morgan fingerprint density at radius 1 is 0.943 bits per heavy atom. The summed E-state index contributed by atoms with van der Waals surface area (Å²) in [6.07, 6.45) is 21.0. The second-order valence-electron chi connectivity index (χ2n) is 10.5. The standard InChI is InChI=1S/C35H42/c1-6-25(3)31-15-10-16-32(23-31)34-22-21-29-19-17-26(4)35(27(5)18-20-33(29)24-34)30-13-8-11-28(7-2)12-9-14-30/h8,10-11,13-16,19-26H,6-7,9,12,17-18H2,1-5H3. The first-order valence-electron chi connectivity index (χ1n) is 13.7. The maximum absolute atomic E-state index is 2.47. The lowest BCUT2D eigenvalue weighted by Gasteiger charge is -2.20. The third-order valence-corrected chi connectivity index (χ3v) is 7.96. The van der Waals surface area contributed by atoms with Crippen molar-refractivity contribution < 1.29 is 0 Å². The molecule has 4 rings (SSSR count). The molecule has 0 aliphatic heterocycles. The highest BCUT2D eigenvalue weighted by Gasteiger charge is 2.16. The minimum absolute atomic E-state index is 0.506. The van der Waals surface area contributed by atoms with Gasteiger partial charge in [0.15, 0.2) is 0 Å². The molecule has 2 atom stereocenters. The van der Waals surface area contributed by atoms with Crippen molar-refractivity contribution >= 4 is 12.2 Å². The zero-order chi connectivity index (χ0) is 24.8. The van der Waals surface area contributed by atoms with E-state index in [0.29, 0.717) is 11.8 Å². The molecule has 0 radical (unpaired) electrons. The molecule has 0 aromatic heterocycles. The number of hydrogen-bond acceptors (Lipinski definition) is 0. The second kappa shape index (κ2) is 11.7. The van der Waals surface area contributed by atoms with Gasteiger partial charge in [-0.15, -0.1) is 0 Å². The van der Waals surface area contributed by atoms with Crippen molar-refractivity contribution in [3.8, 4) is 11.1 Å². The molecule has 2 aromatic carbocycles. The van der Waals surface area contributed by atoms with Gasteiger partial charge in [-0.2, -0.15) is 0 Å². The first-order valence-corrected chi connectivity index (χ1v) is 13.7. The van der Waals surface area contributed by atoms with E-state index in [9.17, 15) is 0 Å². The van der Waals surface area contributed by atoms with Gasteiger partial charge < -0.3 is 0 Å². The second-order valence-corrected chi connectivity index (χ2v) is 10.5. The summed E-state index contributed by atoms with van der Waals surface area (Å²) >= 11 is 0. The summed E-state index contributed by atoms with van der Waals surface area (Å²) in [4.78, 5) is 0. The summed E-state index contributed by atoms with van der Waals surface area (Å²) in [7, 11) is 0. The molecular weight excluding hydrogens is 420 g/mol. The van der Waals surface area contributed by atoms with Gasteiger partial charge in [0.2, 0.25) is 0 Å². The van der Waals surface area contributed by atoms with E-state index in [1.807, 2.05) is 0 Å². The summed E-state index contributed by atoms with van der Waals surface area (Å²) in [5, 5.41) is 2.73. The lowest BCUT2D eigenvalue weighted by Crippen LogP contribution is -2.24.